The van der Waals surface area contributed by atoms with Gasteiger partial charge in [0, 0.05) is 19.3 Å². The van der Waals surface area contributed by atoms with E-state index in [9.17, 15) is 4.79 Å². The van der Waals surface area contributed by atoms with Gasteiger partial charge in [0.15, 0.2) is 5.69 Å². The van der Waals surface area contributed by atoms with Crippen LogP contribution >= 0.6 is 0 Å². The monoisotopic (exact) mass is 377 g/mol. The van der Waals surface area contributed by atoms with Gasteiger partial charge in [-0.05, 0) is 60.4 Å². The van der Waals surface area contributed by atoms with Crippen LogP contribution in [0.5, 0.6) is 11.5 Å². The number of ether oxygens (including phenoxy) is 2. The average molecular weight is 377 g/mol. The molecule has 1 aliphatic rings. The normalized spacial score (nSPS) is 13.2. The van der Waals surface area contributed by atoms with Crippen molar-refractivity contribution in [2.75, 3.05) is 20.8 Å². The average Bonchev–Trinajstić information content (AvgIpc) is 3.22. The van der Waals surface area contributed by atoms with E-state index in [0.717, 1.165) is 29.0 Å². The zero-order chi connectivity index (χ0) is 19.7. The maximum Gasteiger partial charge on any atom is 0.274 e. The number of nitrogens with zero attached hydrogens (tertiary/aromatic N) is 3. The van der Waals surface area contributed by atoms with Crippen molar-refractivity contribution >= 4 is 5.91 Å². The third-order valence-corrected chi connectivity index (χ3v) is 5.10. The molecule has 0 N–H and O–H groups in total. The molecule has 144 valence electrons. The zero-order valence-corrected chi connectivity index (χ0v) is 16.3. The molecule has 4 rings (SSSR count). The van der Waals surface area contributed by atoms with E-state index in [4.69, 9.17) is 9.47 Å². The molecule has 3 aromatic rings. The van der Waals surface area contributed by atoms with Crippen molar-refractivity contribution in [3.05, 3.63) is 71.0 Å². The van der Waals surface area contributed by atoms with Gasteiger partial charge in [-0.2, -0.15) is 5.10 Å². The van der Waals surface area contributed by atoms with E-state index in [0.29, 0.717) is 24.5 Å². The first-order chi connectivity index (χ1) is 13.6. The van der Waals surface area contributed by atoms with Crippen molar-refractivity contribution in [2.45, 2.75) is 19.9 Å². The Balaban J connectivity index is 1.58. The summed E-state index contributed by atoms with van der Waals surface area (Å²) in [6.07, 6.45) is 2.63. The van der Waals surface area contributed by atoms with E-state index in [1.165, 1.54) is 5.56 Å². The van der Waals surface area contributed by atoms with E-state index in [1.54, 1.807) is 31.2 Å². The van der Waals surface area contributed by atoms with Crippen LogP contribution in [0.1, 0.15) is 27.2 Å². The van der Waals surface area contributed by atoms with E-state index in [1.807, 2.05) is 42.2 Å². The Bertz CT molecular complexity index is 1030. The minimum atomic E-state index is -0.0705. The quantitative estimate of drug-likeness (QED) is 0.699. The lowest BCUT2D eigenvalue weighted by Gasteiger charge is -2.28. The van der Waals surface area contributed by atoms with Gasteiger partial charge >= 0.3 is 0 Å². The summed E-state index contributed by atoms with van der Waals surface area (Å²) >= 11 is 0. The second kappa shape index (κ2) is 7.38. The Hall–Kier alpha value is -3.28. The highest BCUT2D eigenvalue weighted by Gasteiger charge is 2.24. The number of methoxy groups -OCH3 is 2. The van der Waals surface area contributed by atoms with Crippen molar-refractivity contribution < 1.29 is 14.3 Å². The molecule has 6 nitrogen and oxygen atoms in total. The Morgan fingerprint density at radius 2 is 1.89 bits per heavy atom. The number of rotatable bonds is 4. The molecule has 0 spiro atoms. The van der Waals surface area contributed by atoms with Crippen molar-refractivity contribution in [1.82, 2.24) is 14.7 Å². The molecule has 0 saturated carbocycles. The first-order valence-corrected chi connectivity index (χ1v) is 9.25. The molecule has 1 amide bonds. The third kappa shape index (κ3) is 3.33. The van der Waals surface area contributed by atoms with Gasteiger partial charge in [0.1, 0.15) is 17.2 Å². The fourth-order valence-electron chi connectivity index (χ4n) is 3.55. The summed E-state index contributed by atoms with van der Waals surface area (Å²) in [5.74, 6) is 1.45. The lowest BCUT2D eigenvalue weighted by atomic mass is 9.99. The number of aryl methyl sites for hydroxylation is 1. The minimum absolute atomic E-state index is 0.0705. The fraction of sp³-hybridized carbons (Fsp3) is 0.273. The first kappa shape index (κ1) is 18.1. The Labute approximate surface area is 164 Å². The third-order valence-electron chi connectivity index (χ3n) is 5.10. The van der Waals surface area contributed by atoms with Crippen LogP contribution in [0.2, 0.25) is 0 Å². The topological polar surface area (TPSA) is 56.6 Å². The zero-order valence-electron chi connectivity index (χ0n) is 16.3. The molecular weight excluding hydrogens is 354 g/mol. The fourth-order valence-corrected chi connectivity index (χ4v) is 3.55. The predicted molar refractivity (Wildman–Crippen MR) is 106 cm³/mol. The highest BCUT2D eigenvalue weighted by atomic mass is 16.5. The van der Waals surface area contributed by atoms with Gasteiger partial charge in [-0.1, -0.05) is 12.1 Å². The number of fused-ring (bicyclic) bond motifs is 1. The van der Waals surface area contributed by atoms with Crippen molar-refractivity contribution in [3.63, 3.8) is 0 Å². The number of hydrogen-bond acceptors (Lipinski definition) is 4. The summed E-state index contributed by atoms with van der Waals surface area (Å²) in [5, 5.41) is 4.52. The van der Waals surface area contributed by atoms with Crippen LogP contribution in [-0.4, -0.2) is 41.4 Å². The van der Waals surface area contributed by atoms with Crippen LogP contribution in [0.4, 0.5) is 0 Å². The van der Waals surface area contributed by atoms with Crippen molar-refractivity contribution in [3.8, 4) is 17.2 Å². The number of benzene rings is 2. The van der Waals surface area contributed by atoms with Gasteiger partial charge in [0.2, 0.25) is 0 Å². The lowest BCUT2D eigenvalue weighted by Crippen LogP contribution is -2.36. The molecule has 1 aromatic heterocycles. The lowest BCUT2D eigenvalue weighted by molar-refractivity contribution is 0.0728. The van der Waals surface area contributed by atoms with E-state index < -0.39 is 0 Å². The number of carbonyl (C=O) groups is 1. The van der Waals surface area contributed by atoms with Gasteiger partial charge in [-0.3, -0.25) is 4.79 Å². The number of hydrogen-bond donors (Lipinski definition) is 0. The molecule has 0 atom stereocenters. The van der Waals surface area contributed by atoms with Crippen LogP contribution in [-0.2, 0) is 13.0 Å². The maximum atomic E-state index is 13.0. The smallest absolute Gasteiger partial charge is 0.274 e. The molecule has 0 bridgehead atoms. The number of carbonyl (C=O) groups excluding carboxylic acids is 1. The summed E-state index contributed by atoms with van der Waals surface area (Å²) < 4.78 is 12.4. The van der Waals surface area contributed by atoms with E-state index in [-0.39, 0.29) is 5.91 Å². The maximum absolute atomic E-state index is 13.0. The molecular formula is C22H23N3O3. The summed E-state index contributed by atoms with van der Waals surface area (Å²) in [6.45, 7) is 3.25. The molecule has 6 heteroatoms. The summed E-state index contributed by atoms with van der Waals surface area (Å²) in [6, 6.07) is 13.7. The highest BCUT2D eigenvalue weighted by molar-refractivity contribution is 5.92. The molecule has 2 aromatic carbocycles. The van der Waals surface area contributed by atoms with Crippen LogP contribution in [0.3, 0.4) is 0 Å². The highest BCUT2D eigenvalue weighted by Crippen LogP contribution is 2.26. The van der Waals surface area contributed by atoms with Crippen molar-refractivity contribution in [1.29, 1.82) is 0 Å². The molecule has 1 aliphatic heterocycles. The van der Waals surface area contributed by atoms with Gasteiger partial charge < -0.3 is 14.4 Å². The number of amides is 1. The van der Waals surface area contributed by atoms with Gasteiger partial charge in [-0.15, -0.1) is 0 Å². The van der Waals surface area contributed by atoms with Crippen LogP contribution < -0.4 is 9.47 Å². The second-order valence-electron chi connectivity index (χ2n) is 6.93. The molecule has 2 heterocycles. The molecule has 0 aliphatic carbocycles. The van der Waals surface area contributed by atoms with Gasteiger partial charge in [-0.25, -0.2) is 4.68 Å². The van der Waals surface area contributed by atoms with Crippen LogP contribution in [0, 0.1) is 6.92 Å². The summed E-state index contributed by atoms with van der Waals surface area (Å²) in [7, 11) is 3.28. The molecule has 28 heavy (non-hydrogen) atoms. The van der Waals surface area contributed by atoms with Crippen molar-refractivity contribution in [2.24, 2.45) is 0 Å². The van der Waals surface area contributed by atoms with Gasteiger partial charge in [0.05, 0.1) is 14.2 Å². The Morgan fingerprint density at radius 3 is 2.68 bits per heavy atom. The SMILES string of the molecule is COc1ccc2c(c1)CN(C(=O)c1ccn(-c3cc(C)ccc3OC)n1)CC2. The largest absolute Gasteiger partial charge is 0.497 e. The summed E-state index contributed by atoms with van der Waals surface area (Å²) in [5.41, 5.74) is 4.73. The van der Waals surface area contributed by atoms with Gasteiger partial charge in [0.25, 0.3) is 5.91 Å². The molecule has 0 unspecified atom stereocenters. The molecule has 0 radical (unpaired) electrons. The molecule has 0 fully saturated rings. The predicted octanol–water partition coefficient (Wildman–Crippen LogP) is 3.40. The summed E-state index contributed by atoms with van der Waals surface area (Å²) in [4.78, 5) is 14.9. The minimum Gasteiger partial charge on any atom is -0.497 e. The Morgan fingerprint density at radius 1 is 1.04 bits per heavy atom. The standard InChI is InChI=1S/C22H23N3O3/c1-15-4-7-21(28-3)20(12-15)25-11-9-19(23-25)22(26)24-10-8-16-5-6-18(27-2)13-17(16)14-24/h4-7,9,11-13H,8,10,14H2,1-3H3. The first-order valence-electron chi connectivity index (χ1n) is 9.25. The van der Waals surface area contributed by atoms with E-state index >= 15 is 0 Å². The molecule has 0 saturated heterocycles. The Kier molecular flexibility index (Phi) is 4.77. The number of aromatic nitrogens is 2. The van der Waals surface area contributed by atoms with E-state index in [2.05, 4.69) is 11.2 Å². The van der Waals surface area contributed by atoms with Crippen LogP contribution in [0.15, 0.2) is 48.7 Å². The van der Waals surface area contributed by atoms with Crippen LogP contribution in [0.25, 0.3) is 5.69 Å². The second-order valence-corrected chi connectivity index (χ2v) is 6.93.